The van der Waals surface area contributed by atoms with Crippen LogP contribution in [0.5, 0.6) is 5.88 Å². The zero-order valence-corrected chi connectivity index (χ0v) is 8.45. The number of aryl methyl sites for hydroxylation is 1. The van der Waals surface area contributed by atoms with E-state index in [1.807, 2.05) is 18.2 Å². The van der Waals surface area contributed by atoms with Gasteiger partial charge in [-0.05, 0) is 23.9 Å². The predicted octanol–water partition coefficient (Wildman–Crippen LogP) is 2.81. The summed E-state index contributed by atoms with van der Waals surface area (Å²) >= 11 is 0. The second kappa shape index (κ2) is 3.66. The molecule has 0 aliphatic rings. The molecule has 0 aliphatic carbocycles. The van der Waals surface area contributed by atoms with Crippen molar-refractivity contribution in [3.8, 4) is 5.88 Å². The first-order valence-electron chi connectivity index (χ1n) is 4.77. The third kappa shape index (κ3) is 1.43. The van der Waals surface area contributed by atoms with E-state index < -0.39 is 0 Å². The second-order valence-electron chi connectivity index (χ2n) is 3.20. The van der Waals surface area contributed by atoms with Gasteiger partial charge in [-0.3, -0.25) is 0 Å². The molecule has 0 aliphatic heterocycles. The Morgan fingerprint density at radius 2 is 2.07 bits per heavy atom. The SMILES string of the molecule is CCc1cc2ccccc2c(OC)n1. The Hall–Kier alpha value is -1.57. The summed E-state index contributed by atoms with van der Waals surface area (Å²) in [5.74, 6) is 0.722. The number of nitrogens with zero attached hydrogens (tertiary/aromatic N) is 1. The summed E-state index contributed by atoms with van der Waals surface area (Å²) in [5, 5.41) is 2.27. The fourth-order valence-electron chi connectivity index (χ4n) is 1.56. The molecule has 0 radical (unpaired) electrons. The highest BCUT2D eigenvalue weighted by Gasteiger charge is 2.03. The Bertz CT molecular complexity index is 451. The minimum atomic E-state index is 0.722. The average Bonchev–Trinajstić information content (AvgIpc) is 2.27. The number of benzene rings is 1. The van der Waals surface area contributed by atoms with Crippen molar-refractivity contribution < 1.29 is 4.74 Å². The molecular formula is C12H13NO. The normalized spacial score (nSPS) is 10.4. The third-order valence-corrected chi connectivity index (χ3v) is 2.31. The van der Waals surface area contributed by atoms with Crippen molar-refractivity contribution in [2.24, 2.45) is 0 Å². The summed E-state index contributed by atoms with van der Waals surface area (Å²) < 4.78 is 5.26. The van der Waals surface area contributed by atoms with E-state index >= 15 is 0 Å². The topological polar surface area (TPSA) is 22.1 Å². The highest BCUT2D eigenvalue weighted by molar-refractivity contribution is 5.87. The van der Waals surface area contributed by atoms with Crippen LogP contribution in [0, 0.1) is 0 Å². The number of hydrogen-bond donors (Lipinski definition) is 0. The van der Waals surface area contributed by atoms with E-state index in [1.165, 1.54) is 5.39 Å². The van der Waals surface area contributed by atoms with E-state index in [-0.39, 0.29) is 0 Å². The lowest BCUT2D eigenvalue weighted by atomic mass is 10.1. The molecule has 72 valence electrons. The maximum Gasteiger partial charge on any atom is 0.221 e. The largest absolute Gasteiger partial charge is 0.481 e. The molecule has 0 amide bonds. The molecule has 0 saturated carbocycles. The number of methoxy groups -OCH3 is 1. The van der Waals surface area contributed by atoms with E-state index in [4.69, 9.17) is 4.74 Å². The first-order valence-corrected chi connectivity index (χ1v) is 4.77. The summed E-state index contributed by atoms with van der Waals surface area (Å²) in [7, 11) is 1.66. The van der Waals surface area contributed by atoms with Crippen molar-refractivity contribution in [1.82, 2.24) is 4.98 Å². The molecule has 2 rings (SSSR count). The molecule has 2 nitrogen and oxygen atoms in total. The third-order valence-electron chi connectivity index (χ3n) is 2.31. The molecule has 0 N–H and O–H groups in total. The molecule has 2 aromatic rings. The zero-order valence-electron chi connectivity index (χ0n) is 8.45. The maximum absolute atomic E-state index is 5.26. The van der Waals surface area contributed by atoms with Gasteiger partial charge in [0.05, 0.1) is 7.11 Å². The fourth-order valence-corrected chi connectivity index (χ4v) is 1.56. The average molecular weight is 187 g/mol. The summed E-state index contributed by atoms with van der Waals surface area (Å²) in [4.78, 5) is 4.42. The van der Waals surface area contributed by atoms with Crippen LogP contribution in [0.25, 0.3) is 10.8 Å². The van der Waals surface area contributed by atoms with Crippen LogP contribution in [0.3, 0.4) is 0 Å². The monoisotopic (exact) mass is 187 g/mol. The highest BCUT2D eigenvalue weighted by atomic mass is 16.5. The predicted molar refractivity (Wildman–Crippen MR) is 57.7 cm³/mol. The van der Waals surface area contributed by atoms with Gasteiger partial charge >= 0.3 is 0 Å². The second-order valence-corrected chi connectivity index (χ2v) is 3.20. The van der Waals surface area contributed by atoms with Crippen LogP contribution in [0.15, 0.2) is 30.3 Å². The molecule has 0 spiro atoms. The Kier molecular flexibility index (Phi) is 2.35. The number of aromatic nitrogens is 1. The Labute approximate surface area is 83.5 Å². The Morgan fingerprint density at radius 3 is 2.79 bits per heavy atom. The minimum Gasteiger partial charge on any atom is -0.481 e. The van der Waals surface area contributed by atoms with E-state index in [9.17, 15) is 0 Å². The Balaban J connectivity index is 2.73. The minimum absolute atomic E-state index is 0.722. The summed E-state index contributed by atoms with van der Waals surface area (Å²) in [6, 6.07) is 10.2. The molecule has 0 saturated heterocycles. The Morgan fingerprint density at radius 1 is 1.29 bits per heavy atom. The first kappa shape index (κ1) is 9.00. The molecule has 1 heterocycles. The van der Waals surface area contributed by atoms with Crippen molar-refractivity contribution in [3.05, 3.63) is 36.0 Å². The number of rotatable bonds is 2. The maximum atomic E-state index is 5.26. The van der Waals surface area contributed by atoms with Crippen LogP contribution < -0.4 is 4.74 Å². The molecule has 0 bridgehead atoms. The lowest BCUT2D eigenvalue weighted by Gasteiger charge is -2.06. The molecule has 1 aromatic carbocycles. The van der Waals surface area contributed by atoms with Gasteiger partial charge in [-0.2, -0.15) is 0 Å². The standard InChI is InChI=1S/C12H13NO/c1-3-10-8-9-6-4-5-7-11(9)12(13-10)14-2/h4-8H,3H2,1-2H3. The fraction of sp³-hybridized carbons (Fsp3) is 0.250. The summed E-state index contributed by atoms with van der Waals surface area (Å²) in [6.07, 6.45) is 0.932. The number of fused-ring (bicyclic) bond motifs is 1. The molecule has 0 atom stereocenters. The van der Waals surface area contributed by atoms with Gasteiger partial charge in [0, 0.05) is 11.1 Å². The van der Waals surface area contributed by atoms with Crippen LogP contribution in [-0.2, 0) is 6.42 Å². The molecule has 2 heteroatoms. The van der Waals surface area contributed by atoms with Gasteiger partial charge in [-0.1, -0.05) is 25.1 Å². The van der Waals surface area contributed by atoms with Crippen molar-refractivity contribution in [3.63, 3.8) is 0 Å². The van der Waals surface area contributed by atoms with Gasteiger partial charge in [0.25, 0.3) is 0 Å². The van der Waals surface area contributed by atoms with Crippen LogP contribution in [0.2, 0.25) is 0 Å². The van der Waals surface area contributed by atoms with Crippen LogP contribution in [-0.4, -0.2) is 12.1 Å². The number of hydrogen-bond acceptors (Lipinski definition) is 2. The molecule has 0 fully saturated rings. The van der Waals surface area contributed by atoms with Crippen molar-refractivity contribution in [1.29, 1.82) is 0 Å². The van der Waals surface area contributed by atoms with Crippen molar-refractivity contribution in [2.45, 2.75) is 13.3 Å². The van der Waals surface area contributed by atoms with Crippen LogP contribution in [0.4, 0.5) is 0 Å². The smallest absolute Gasteiger partial charge is 0.221 e. The molecule has 14 heavy (non-hydrogen) atoms. The van der Waals surface area contributed by atoms with E-state index in [2.05, 4.69) is 24.0 Å². The lowest BCUT2D eigenvalue weighted by Crippen LogP contribution is -1.93. The van der Waals surface area contributed by atoms with Crippen LogP contribution in [0.1, 0.15) is 12.6 Å². The highest BCUT2D eigenvalue weighted by Crippen LogP contribution is 2.23. The number of ether oxygens (including phenoxy) is 1. The quantitative estimate of drug-likeness (QED) is 0.721. The summed E-state index contributed by atoms with van der Waals surface area (Å²) in [5.41, 5.74) is 1.07. The van der Waals surface area contributed by atoms with E-state index in [0.717, 1.165) is 23.4 Å². The first-order chi connectivity index (χ1) is 6.85. The van der Waals surface area contributed by atoms with Gasteiger partial charge in [0.1, 0.15) is 0 Å². The van der Waals surface area contributed by atoms with Crippen LogP contribution >= 0.6 is 0 Å². The summed E-state index contributed by atoms with van der Waals surface area (Å²) in [6.45, 7) is 2.09. The van der Waals surface area contributed by atoms with Gasteiger partial charge in [0.15, 0.2) is 0 Å². The van der Waals surface area contributed by atoms with Gasteiger partial charge in [0.2, 0.25) is 5.88 Å². The number of pyridine rings is 1. The van der Waals surface area contributed by atoms with Crippen molar-refractivity contribution >= 4 is 10.8 Å². The van der Waals surface area contributed by atoms with Gasteiger partial charge in [-0.15, -0.1) is 0 Å². The van der Waals surface area contributed by atoms with Gasteiger partial charge in [-0.25, -0.2) is 4.98 Å². The lowest BCUT2D eigenvalue weighted by molar-refractivity contribution is 0.402. The van der Waals surface area contributed by atoms with E-state index in [0.29, 0.717) is 0 Å². The van der Waals surface area contributed by atoms with E-state index in [1.54, 1.807) is 7.11 Å². The molecule has 0 unspecified atom stereocenters. The molecular weight excluding hydrogens is 174 g/mol. The zero-order chi connectivity index (χ0) is 9.97. The van der Waals surface area contributed by atoms with Crippen molar-refractivity contribution in [2.75, 3.05) is 7.11 Å². The van der Waals surface area contributed by atoms with Gasteiger partial charge < -0.3 is 4.74 Å². The molecule has 1 aromatic heterocycles.